The van der Waals surface area contributed by atoms with Gasteiger partial charge in [-0.05, 0) is 6.07 Å². The lowest BCUT2D eigenvalue weighted by atomic mass is 10.3. The Morgan fingerprint density at radius 1 is 1.47 bits per heavy atom. The first-order valence-corrected chi connectivity index (χ1v) is 5.19. The minimum absolute atomic E-state index is 0.301. The van der Waals surface area contributed by atoms with E-state index < -0.39 is 0 Å². The lowest BCUT2D eigenvalue weighted by Gasteiger charge is -2.00. The summed E-state index contributed by atoms with van der Waals surface area (Å²) >= 11 is 1.49. The molecule has 4 nitrogen and oxygen atoms in total. The molecule has 2 aromatic rings. The van der Waals surface area contributed by atoms with E-state index in [4.69, 9.17) is 4.74 Å². The molecule has 0 aliphatic carbocycles. The Morgan fingerprint density at radius 2 is 2.33 bits per heavy atom. The lowest BCUT2D eigenvalue weighted by Crippen LogP contribution is -2.03. The largest absolute Gasteiger partial charge is 0.408 e. The quantitative estimate of drug-likeness (QED) is 0.727. The average Bonchev–Trinajstić information content (AvgIpc) is 2.69. The Morgan fingerprint density at radius 3 is 3.00 bits per heavy atom. The molecule has 2 aromatic heterocycles. The summed E-state index contributed by atoms with van der Waals surface area (Å²) in [7, 11) is 0. The number of esters is 1. The van der Waals surface area contributed by atoms with E-state index in [0.717, 1.165) is 5.01 Å². The predicted molar refractivity (Wildman–Crippen MR) is 56.7 cm³/mol. The van der Waals surface area contributed by atoms with E-state index in [1.165, 1.54) is 18.3 Å². The second kappa shape index (κ2) is 4.18. The normalized spacial score (nSPS) is 9.93. The highest BCUT2D eigenvalue weighted by Gasteiger charge is 2.04. The van der Waals surface area contributed by atoms with Gasteiger partial charge in [0.05, 0.1) is 0 Å². The first-order chi connectivity index (χ1) is 7.25. The summed E-state index contributed by atoms with van der Waals surface area (Å²) < 4.78 is 4.88. The van der Waals surface area contributed by atoms with Crippen LogP contribution in [0, 0.1) is 0 Å². The molecule has 0 saturated carbocycles. The van der Waals surface area contributed by atoms with E-state index in [9.17, 15) is 4.79 Å². The molecule has 2 heterocycles. The highest BCUT2D eigenvalue weighted by Crippen LogP contribution is 2.21. The van der Waals surface area contributed by atoms with Gasteiger partial charge < -0.3 is 4.74 Å². The van der Waals surface area contributed by atoms with Crippen LogP contribution in [0.4, 0.5) is 0 Å². The number of pyridine rings is 1. The molecule has 0 aliphatic heterocycles. The van der Waals surface area contributed by atoms with Crippen LogP contribution >= 0.6 is 11.3 Å². The summed E-state index contributed by atoms with van der Waals surface area (Å²) in [4.78, 5) is 19.0. The molecule has 0 unspecified atom stereocenters. The van der Waals surface area contributed by atoms with Crippen molar-refractivity contribution in [3.8, 4) is 16.6 Å². The first kappa shape index (κ1) is 9.79. The van der Waals surface area contributed by atoms with Gasteiger partial charge in [0.2, 0.25) is 5.88 Å². The van der Waals surface area contributed by atoms with Crippen molar-refractivity contribution in [2.75, 3.05) is 0 Å². The van der Waals surface area contributed by atoms with Crippen LogP contribution in [0.2, 0.25) is 0 Å². The number of hydrogen-bond acceptors (Lipinski definition) is 5. The summed E-state index contributed by atoms with van der Waals surface area (Å²) in [5.74, 6) is -0.0750. The van der Waals surface area contributed by atoms with Crippen molar-refractivity contribution in [2.24, 2.45) is 0 Å². The van der Waals surface area contributed by atoms with Gasteiger partial charge in [0, 0.05) is 24.6 Å². The fraction of sp³-hybridized carbons (Fsp3) is 0.100. The van der Waals surface area contributed by atoms with E-state index in [0.29, 0.717) is 11.6 Å². The van der Waals surface area contributed by atoms with Crippen LogP contribution in [0.3, 0.4) is 0 Å². The summed E-state index contributed by atoms with van der Waals surface area (Å²) in [6.45, 7) is 1.34. The monoisotopic (exact) mass is 220 g/mol. The summed E-state index contributed by atoms with van der Waals surface area (Å²) in [6.07, 6.45) is 1.71. The number of nitrogens with zero attached hydrogens (tertiary/aromatic N) is 2. The Balaban J connectivity index is 2.31. The van der Waals surface area contributed by atoms with E-state index >= 15 is 0 Å². The van der Waals surface area contributed by atoms with Crippen molar-refractivity contribution >= 4 is 17.3 Å². The predicted octanol–water partition coefficient (Wildman–Crippen LogP) is 2.13. The third kappa shape index (κ3) is 2.38. The SMILES string of the molecule is CC(=O)Oc1cccc(-c2nccs2)n1. The van der Waals surface area contributed by atoms with Crippen LogP contribution in [0.15, 0.2) is 29.8 Å². The van der Waals surface area contributed by atoms with E-state index in [1.807, 2.05) is 11.4 Å². The van der Waals surface area contributed by atoms with E-state index in [2.05, 4.69) is 9.97 Å². The smallest absolute Gasteiger partial charge is 0.309 e. The summed E-state index contributed by atoms with van der Waals surface area (Å²) in [6, 6.07) is 5.24. The Labute approximate surface area is 90.6 Å². The van der Waals surface area contributed by atoms with Crippen LogP contribution in [-0.4, -0.2) is 15.9 Å². The van der Waals surface area contributed by atoms with Crippen molar-refractivity contribution in [1.82, 2.24) is 9.97 Å². The minimum atomic E-state index is -0.376. The number of hydrogen-bond donors (Lipinski definition) is 0. The van der Waals surface area contributed by atoms with Gasteiger partial charge in [0.1, 0.15) is 10.7 Å². The third-order valence-electron chi connectivity index (χ3n) is 1.62. The molecule has 0 radical (unpaired) electrons. The topological polar surface area (TPSA) is 52.1 Å². The molecule has 0 aliphatic rings. The Hall–Kier alpha value is -1.75. The van der Waals surface area contributed by atoms with Crippen LogP contribution in [0.5, 0.6) is 5.88 Å². The second-order valence-electron chi connectivity index (χ2n) is 2.79. The average molecular weight is 220 g/mol. The van der Waals surface area contributed by atoms with Crippen LogP contribution in [0.25, 0.3) is 10.7 Å². The van der Waals surface area contributed by atoms with E-state index in [-0.39, 0.29) is 5.97 Å². The standard InChI is InChI=1S/C10H8N2O2S/c1-7(13)14-9-4-2-3-8(12-9)10-11-5-6-15-10/h2-6H,1H3. The molecular weight excluding hydrogens is 212 g/mol. The number of ether oxygens (including phenoxy) is 1. The molecule has 2 rings (SSSR count). The molecule has 0 atom stereocenters. The Bertz CT molecular complexity index is 468. The molecule has 5 heteroatoms. The number of thiazole rings is 1. The van der Waals surface area contributed by atoms with Gasteiger partial charge in [-0.15, -0.1) is 11.3 Å². The molecular formula is C10H8N2O2S. The zero-order valence-electron chi connectivity index (χ0n) is 8.01. The van der Waals surface area contributed by atoms with Crippen LogP contribution in [0.1, 0.15) is 6.92 Å². The maximum atomic E-state index is 10.7. The minimum Gasteiger partial charge on any atom is -0.408 e. The van der Waals surface area contributed by atoms with Gasteiger partial charge >= 0.3 is 5.97 Å². The first-order valence-electron chi connectivity index (χ1n) is 4.31. The van der Waals surface area contributed by atoms with Crippen molar-refractivity contribution < 1.29 is 9.53 Å². The fourth-order valence-corrected chi connectivity index (χ4v) is 1.69. The highest BCUT2D eigenvalue weighted by molar-refractivity contribution is 7.13. The van der Waals surface area contributed by atoms with Gasteiger partial charge in [-0.2, -0.15) is 0 Å². The molecule has 0 bridgehead atoms. The molecule has 76 valence electrons. The van der Waals surface area contributed by atoms with Gasteiger partial charge in [-0.1, -0.05) is 6.07 Å². The molecule has 0 fully saturated rings. The number of rotatable bonds is 2. The zero-order chi connectivity index (χ0) is 10.7. The third-order valence-corrected chi connectivity index (χ3v) is 2.42. The zero-order valence-corrected chi connectivity index (χ0v) is 8.82. The molecule has 0 saturated heterocycles. The number of carbonyl (C=O) groups excluding carboxylic acids is 1. The molecule has 0 aromatic carbocycles. The van der Waals surface area contributed by atoms with Crippen molar-refractivity contribution in [3.05, 3.63) is 29.8 Å². The highest BCUT2D eigenvalue weighted by atomic mass is 32.1. The van der Waals surface area contributed by atoms with Crippen molar-refractivity contribution in [3.63, 3.8) is 0 Å². The molecule has 0 amide bonds. The molecule has 15 heavy (non-hydrogen) atoms. The molecule has 0 spiro atoms. The van der Waals surface area contributed by atoms with Crippen LogP contribution in [-0.2, 0) is 4.79 Å². The Kier molecular flexibility index (Phi) is 2.73. The summed E-state index contributed by atoms with van der Waals surface area (Å²) in [5, 5.41) is 2.68. The van der Waals surface area contributed by atoms with Gasteiger partial charge in [-0.3, -0.25) is 4.79 Å². The number of carbonyl (C=O) groups is 1. The lowest BCUT2D eigenvalue weighted by molar-refractivity contribution is -0.132. The van der Waals surface area contributed by atoms with Gasteiger partial charge in [0.15, 0.2) is 0 Å². The maximum absolute atomic E-state index is 10.7. The van der Waals surface area contributed by atoms with E-state index in [1.54, 1.807) is 18.3 Å². The van der Waals surface area contributed by atoms with Crippen molar-refractivity contribution in [1.29, 1.82) is 0 Å². The fourth-order valence-electron chi connectivity index (χ4n) is 1.09. The maximum Gasteiger partial charge on any atom is 0.309 e. The number of aromatic nitrogens is 2. The molecule has 0 N–H and O–H groups in total. The summed E-state index contributed by atoms with van der Waals surface area (Å²) in [5.41, 5.74) is 0.712. The second-order valence-corrected chi connectivity index (χ2v) is 3.69. The van der Waals surface area contributed by atoms with Gasteiger partial charge in [0.25, 0.3) is 0 Å². The van der Waals surface area contributed by atoms with Crippen LogP contribution < -0.4 is 4.74 Å². The van der Waals surface area contributed by atoms with Crippen molar-refractivity contribution in [2.45, 2.75) is 6.92 Å². The van der Waals surface area contributed by atoms with Gasteiger partial charge in [-0.25, -0.2) is 9.97 Å².